The third-order valence-corrected chi connectivity index (χ3v) is 5.25. The van der Waals surface area contributed by atoms with E-state index in [1.165, 1.54) is 36.3 Å². The number of likely N-dealkylation sites (tertiary alicyclic amines) is 2. The van der Waals surface area contributed by atoms with Crippen molar-refractivity contribution in [3.63, 3.8) is 0 Å². The van der Waals surface area contributed by atoms with E-state index in [9.17, 15) is 4.79 Å². The second kappa shape index (κ2) is 7.47. The van der Waals surface area contributed by atoms with Crippen LogP contribution in [0.5, 0.6) is 0 Å². The molecule has 22 heavy (non-hydrogen) atoms. The van der Waals surface area contributed by atoms with Gasteiger partial charge in [0, 0.05) is 23.7 Å². The molecule has 2 atom stereocenters. The van der Waals surface area contributed by atoms with E-state index in [0.29, 0.717) is 5.91 Å². The van der Waals surface area contributed by atoms with Crippen molar-refractivity contribution in [3.8, 4) is 0 Å². The molecule has 0 aromatic heterocycles. The van der Waals surface area contributed by atoms with Crippen LogP contribution < -0.4 is 4.90 Å². The van der Waals surface area contributed by atoms with Gasteiger partial charge in [0.1, 0.15) is 6.54 Å². The first-order chi connectivity index (χ1) is 10.7. The third-order valence-electron chi connectivity index (χ3n) is 5.00. The van der Waals surface area contributed by atoms with Crippen molar-refractivity contribution in [2.24, 2.45) is 5.92 Å². The van der Waals surface area contributed by atoms with Crippen LogP contribution in [0.1, 0.15) is 37.7 Å². The number of hydrogen-bond acceptors (Lipinski definition) is 1. The van der Waals surface area contributed by atoms with Crippen molar-refractivity contribution in [1.82, 2.24) is 4.90 Å². The molecule has 2 heterocycles. The van der Waals surface area contributed by atoms with Crippen molar-refractivity contribution in [3.05, 3.63) is 34.9 Å². The minimum Gasteiger partial charge on any atom is -0.342 e. The van der Waals surface area contributed by atoms with Crippen LogP contribution in [-0.4, -0.2) is 37.0 Å². The lowest BCUT2D eigenvalue weighted by molar-refractivity contribution is -0.921. The topological polar surface area (TPSA) is 24.8 Å². The first-order valence-electron chi connectivity index (χ1n) is 8.59. The molecule has 2 fully saturated rings. The van der Waals surface area contributed by atoms with Crippen LogP contribution >= 0.6 is 11.6 Å². The lowest BCUT2D eigenvalue weighted by Crippen LogP contribution is -3.12. The molecule has 0 spiro atoms. The smallest absolute Gasteiger partial charge is 0.231 e. The maximum absolute atomic E-state index is 12.7. The van der Waals surface area contributed by atoms with Crippen LogP contribution in [0.3, 0.4) is 0 Å². The normalized spacial score (nSPS) is 26.0. The Hall–Kier alpha value is -1.06. The van der Waals surface area contributed by atoms with Crippen molar-refractivity contribution >= 4 is 17.5 Å². The van der Waals surface area contributed by atoms with Gasteiger partial charge in [-0.25, -0.2) is 0 Å². The minimum atomic E-state index is 0.231. The molecule has 1 amide bonds. The number of hydrogen-bond donors (Lipinski definition) is 1. The standard InChI is InChI=1S/C18H25ClN2O/c19-17-8-6-15(7-9-17)13-20-10-4-5-16(14-20)18(22)21-11-2-1-3-12-21/h6-9,16H,1-5,10-14H2/p+1. The summed E-state index contributed by atoms with van der Waals surface area (Å²) >= 11 is 5.95. The Morgan fingerprint density at radius 2 is 1.86 bits per heavy atom. The molecule has 1 aromatic rings. The zero-order valence-electron chi connectivity index (χ0n) is 13.2. The fourth-order valence-electron chi connectivity index (χ4n) is 3.79. The number of carbonyl (C=O) groups is 1. The van der Waals surface area contributed by atoms with Gasteiger partial charge in [-0.15, -0.1) is 0 Å². The highest BCUT2D eigenvalue weighted by Crippen LogP contribution is 2.16. The van der Waals surface area contributed by atoms with Gasteiger partial charge in [-0.2, -0.15) is 0 Å². The summed E-state index contributed by atoms with van der Waals surface area (Å²) in [6.45, 7) is 5.11. The van der Waals surface area contributed by atoms with E-state index in [1.54, 1.807) is 0 Å². The Morgan fingerprint density at radius 1 is 1.14 bits per heavy atom. The molecule has 0 radical (unpaired) electrons. The quantitative estimate of drug-likeness (QED) is 0.906. The number of benzene rings is 1. The van der Waals surface area contributed by atoms with E-state index in [-0.39, 0.29) is 5.92 Å². The second-order valence-corrected chi connectivity index (χ2v) is 7.17. The molecule has 1 N–H and O–H groups in total. The number of rotatable bonds is 3. The summed E-state index contributed by atoms with van der Waals surface area (Å²) in [5.41, 5.74) is 1.31. The maximum atomic E-state index is 12.7. The molecule has 2 saturated heterocycles. The number of carbonyl (C=O) groups excluding carboxylic acids is 1. The number of nitrogens with one attached hydrogen (secondary N) is 1. The molecule has 2 aliphatic heterocycles. The first kappa shape index (κ1) is 15.8. The summed E-state index contributed by atoms with van der Waals surface area (Å²) in [4.78, 5) is 16.3. The van der Waals surface area contributed by atoms with Gasteiger partial charge < -0.3 is 9.80 Å². The van der Waals surface area contributed by atoms with Crippen LogP contribution in [0.4, 0.5) is 0 Å². The highest BCUT2D eigenvalue weighted by Gasteiger charge is 2.32. The zero-order chi connectivity index (χ0) is 15.4. The fourth-order valence-corrected chi connectivity index (χ4v) is 3.91. The molecule has 2 unspecified atom stereocenters. The van der Waals surface area contributed by atoms with Gasteiger partial charge in [0.15, 0.2) is 0 Å². The molecule has 0 bridgehead atoms. The van der Waals surface area contributed by atoms with Crippen molar-refractivity contribution in [1.29, 1.82) is 0 Å². The Labute approximate surface area is 138 Å². The molecule has 3 rings (SSSR count). The van der Waals surface area contributed by atoms with E-state index in [0.717, 1.165) is 44.0 Å². The highest BCUT2D eigenvalue weighted by molar-refractivity contribution is 6.30. The predicted octanol–water partition coefficient (Wildman–Crippen LogP) is 2.15. The van der Waals surface area contributed by atoms with Crippen LogP contribution in [0.15, 0.2) is 24.3 Å². The third kappa shape index (κ3) is 4.02. The largest absolute Gasteiger partial charge is 0.342 e. The SMILES string of the molecule is O=C(C1CCC[NH+](Cc2ccc(Cl)cc2)C1)N1CCCCC1. The van der Waals surface area contributed by atoms with Crippen molar-refractivity contribution in [2.75, 3.05) is 26.2 Å². The summed E-state index contributed by atoms with van der Waals surface area (Å²) in [6, 6.07) is 8.12. The number of amides is 1. The van der Waals surface area contributed by atoms with Crippen molar-refractivity contribution < 1.29 is 9.69 Å². The fraction of sp³-hybridized carbons (Fsp3) is 0.611. The van der Waals surface area contributed by atoms with E-state index in [4.69, 9.17) is 11.6 Å². The van der Waals surface area contributed by atoms with E-state index in [1.807, 2.05) is 12.1 Å². The maximum Gasteiger partial charge on any atom is 0.231 e. The highest BCUT2D eigenvalue weighted by atomic mass is 35.5. The van der Waals surface area contributed by atoms with Gasteiger partial charge in [0.05, 0.1) is 19.0 Å². The Balaban J connectivity index is 1.56. The summed E-state index contributed by atoms with van der Waals surface area (Å²) in [5, 5.41) is 0.788. The lowest BCUT2D eigenvalue weighted by Gasteiger charge is -2.34. The molecular formula is C18H26ClN2O+. The van der Waals surface area contributed by atoms with Gasteiger partial charge in [-0.3, -0.25) is 4.79 Å². The Morgan fingerprint density at radius 3 is 2.59 bits per heavy atom. The van der Waals surface area contributed by atoms with Gasteiger partial charge >= 0.3 is 0 Å². The number of piperidine rings is 2. The van der Waals surface area contributed by atoms with E-state index in [2.05, 4.69) is 17.0 Å². The molecule has 3 nitrogen and oxygen atoms in total. The van der Waals surface area contributed by atoms with Gasteiger partial charge in [-0.1, -0.05) is 23.7 Å². The zero-order valence-corrected chi connectivity index (χ0v) is 13.9. The second-order valence-electron chi connectivity index (χ2n) is 6.73. The van der Waals surface area contributed by atoms with Crippen molar-refractivity contribution in [2.45, 2.75) is 38.6 Å². The number of nitrogens with zero attached hydrogens (tertiary/aromatic N) is 1. The molecule has 0 aliphatic carbocycles. The summed E-state index contributed by atoms with van der Waals surface area (Å²) in [7, 11) is 0. The number of quaternary nitrogens is 1. The summed E-state index contributed by atoms with van der Waals surface area (Å²) in [6.07, 6.45) is 5.87. The average Bonchev–Trinajstić information content (AvgIpc) is 2.57. The lowest BCUT2D eigenvalue weighted by atomic mass is 9.95. The van der Waals surface area contributed by atoms with Crippen LogP contribution in [0.25, 0.3) is 0 Å². The van der Waals surface area contributed by atoms with Crippen LogP contribution in [-0.2, 0) is 11.3 Å². The molecule has 2 aliphatic rings. The first-order valence-corrected chi connectivity index (χ1v) is 8.97. The Bertz CT molecular complexity index is 496. The summed E-state index contributed by atoms with van der Waals surface area (Å²) < 4.78 is 0. The van der Waals surface area contributed by atoms with Gasteiger partial charge in [-0.05, 0) is 44.2 Å². The predicted molar refractivity (Wildman–Crippen MR) is 89.0 cm³/mol. The monoisotopic (exact) mass is 321 g/mol. The summed E-state index contributed by atoms with van der Waals surface area (Å²) in [5.74, 6) is 0.641. The van der Waals surface area contributed by atoms with Gasteiger partial charge in [0.2, 0.25) is 5.91 Å². The van der Waals surface area contributed by atoms with E-state index < -0.39 is 0 Å². The molecular weight excluding hydrogens is 296 g/mol. The molecule has 0 saturated carbocycles. The van der Waals surface area contributed by atoms with E-state index >= 15 is 0 Å². The van der Waals surface area contributed by atoms with Gasteiger partial charge in [0.25, 0.3) is 0 Å². The Kier molecular flexibility index (Phi) is 5.37. The molecule has 4 heteroatoms. The number of halogens is 1. The minimum absolute atomic E-state index is 0.231. The van der Waals surface area contributed by atoms with Crippen LogP contribution in [0, 0.1) is 5.92 Å². The average molecular weight is 322 g/mol. The molecule has 1 aromatic carbocycles. The molecule has 120 valence electrons. The van der Waals surface area contributed by atoms with Crippen LogP contribution in [0.2, 0.25) is 5.02 Å².